The Bertz CT molecular complexity index is 974. The maximum absolute atomic E-state index is 11.3. The van der Waals surface area contributed by atoms with E-state index in [2.05, 4.69) is 34.6 Å². The number of aromatic nitrogens is 3. The molecule has 0 saturated carbocycles. The molecule has 1 N–H and O–H groups in total. The first kappa shape index (κ1) is 19.7. The Kier molecular flexibility index (Phi) is 6.42. The zero-order valence-corrected chi connectivity index (χ0v) is 17.2. The van der Waals surface area contributed by atoms with Crippen LogP contribution in [0.15, 0.2) is 47.6 Å². The van der Waals surface area contributed by atoms with Crippen LogP contribution in [0.25, 0.3) is 5.69 Å². The smallest absolute Gasteiger partial charge is 0.217 e. The molecule has 0 atom stereocenters. The van der Waals surface area contributed by atoms with E-state index in [1.54, 1.807) is 23.9 Å². The van der Waals surface area contributed by atoms with E-state index in [4.69, 9.17) is 23.2 Å². The Morgan fingerprint density at radius 1 is 1.19 bits per heavy atom. The van der Waals surface area contributed by atoms with Crippen molar-refractivity contribution in [1.29, 1.82) is 0 Å². The third-order valence-electron chi connectivity index (χ3n) is 3.96. The molecule has 0 aliphatic carbocycles. The second kappa shape index (κ2) is 8.78. The number of hydrogen-bond acceptors (Lipinski definition) is 4. The van der Waals surface area contributed by atoms with Gasteiger partial charge in [-0.1, -0.05) is 59.2 Å². The topological polar surface area (TPSA) is 59.8 Å². The summed E-state index contributed by atoms with van der Waals surface area (Å²) in [6.45, 7) is 3.80. The highest BCUT2D eigenvalue weighted by molar-refractivity contribution is 7.98. The van der Waals surface area contributed by atoms with E-state index in [0.717, 1.165) is 11.4 Å². The summed E-state index contributed by atoms with van der Waals surface area (Å²) >= 11 is 14.0. The molecule has 0 bridgehead atoms. The summed E-state index contributed by atoms with van der Waals surface area (Å²) in [6.07, 6.45) is 0. The molecule has 3 aromatic rings. The number of halogens is 2. The number of nitrogens with one attached hydrogen (secondary N) is 1. The Balaban J connectivity index is 1.95. The number of amides is 1. The van der Waals surface area contributed by atoms with Crippen LogP contribution in [0.4, 0.5) is 0 Å². The van der Waals surface area contributed by atoms with Crippen LogP contribution in [0.2, 0.25) is 10.0 Å². The number of rotatable bonds is 6. The summed E-state index contributed by atoms with van der Waals surface area (Å²) in [5.74, 6) is 1.21. The van der Waals surface area contributed by atoms with Gasteiger partial charge >= 0.3 is 0 Å². The molecular weight excluding hydrogens is 403 g/mol. The van der Waals surface area contributed by atoms with Crippen molar-refractivity contribution in [3.63, 3.8) is 0 Å². The molecule has 5 nitrogen and oxygen atoms in total. The lowest BCUT2D eigenvalue weighted by molar-refractivity contribution is -0.119. The van der Waals surface area contributed by atoms with Crippen LogP contribution in [0.1, 0.15) is 23.9 Å². The minimum atomic E-state index is -0.138. The molecule has 1 heterocycles. The standard InChI is InChI=1S/C19H18Cl2N4OS/c1-12-5-3-4-6-14(12)11-27-19-24-23-18(10-22-13(2)26)25(19)17-8-7-15(20)9-16(17)21/h3-9H,10-11H2,1-2H3,(H,22,26). The van der Waals surface area contributed by atoms with Crippen molar-refractivity contribution in [3.05, 3.63) is 69.5 Å². The van der Waals surface area contributed by atoms with E-state index in [1.165, 1.54) is 18.1 Å². The summed E-state index contributed by atoms with van der Waals surface area (Å²) < 4.78 is 1.86. The molecule has 27 heavy (non-hydrogen) atoms. The molecule has 0 radical (unpaired) electrons. The predicted molar refractivity (Wildman–Crippen MR) is 110 cm³/mol. The quantitative estimate of drug-likeness (QED) is 0.581. The van der Waals surface area contributed by atoms with Crippen molar-refractivity contribution in [1.82, 2.24) is 20.1 Å². The van der Waals surface area contributed by atoms with Gasteiger partial charge in [-0.25, -0.2) is 0 Å². The second-order valence-electron chi connectivity index (χ2n) is 5.95. The maximum atomic E-state index is 11.3. The SMILES string of the molecule is CC(=O)NCc1nnc(SCc2ccccc2C)n1-c1ccc(Cl)cc1Cl. The van der Waals surface area contributed by atoms with Crippen LogP contribution < -0.4 is 5.32 Å². The first-order valence-electron chi connectivity index (χ1n) is 8.27. The first-order valence-corrected chi connectivity index (χ1v) is 10.0. The molecule has 0 aliphatic heterocycles. The zero-order valence-electron chi connectivity index (χ0n) is 14.9. The summed E-state index contributed by atoms with van der Waals surface area (Å²) in [6, 6.07) is 13.5. The lowest BCUT2D eigenvalue weighted by atomic mass is 10.1. The number of carbonyl (C=O) groups excluding carboxylic acids is 1. The van der Waals surface area contributed by atoms with Gasteiger partial charge in [-0.3, -0.25) is 9.36 Å². The van der Waals surface area contributed by atoms with Crippen molar-refractivity contribution in [2.75, 3.05) is 0 Å². The van der Waals surface area contributed by atoms with E-state index < -0.39 is 0 Å². The molecule has 0 unspecified atom stereocenters. The highest BCUT2D eigenvalue weighted by Gasteiger charge is 2.17. The summed E-state index contributed by atoms with van der Waals surface area (Å²) in [5.41, 5.74) is 3.17. The Hall–Kier alpha value is -2.02. The summed E-state index contributed by atoms with van der Waals surface area (Å²) in [4.78, 5) is 11.3. The van der Waals surface area contributed by atoms with Crippen LogP contribution in [0.5, 0.6) is 0 Å². The summed E-state index contributed by atoms with van der Waals surface area (Å²) in [5, 5.41) is 13.1. The average Bonchev–Trinajstić information content (AvgIpc) is 3.02. The number of hydrogen-bond donors (Lipinski definition) is 1. The molecule has 140 valence electrons. The lowest BCUT2D eigenvalue weighted by Crippen LogP contribution is -2.21. The third kappa shape index (κ3) is 4.83. The van der Waals surface area contributed by atoms with Gasteiger partial charge in [0.1, 0.15) is 0 Å². The fraction of sp³-hybridized carbons (Fsp3) is 0.211. The van der Waals surface area contributed by atoms with Crippen LogP contribution in [0.3, 0.4) is 0 Å². The van der Waals surface area contributed by atoms with Crippen molar-refractivity contribution < 1.29 is 4.79 Å². The molecule has 2 aromatic carbocycles. The number of nitrogens with zero attached hydrogens (tertiary/aromatic N) is 3. The van der Waals surface area contributed by atoms with Crippen LogP contribution >= 0.6 is 35.0 Å². The van der Waals surface area contributed by atoms with Gasteiger partial charge in [0, 0.05) is 17.7 Å². The molecular formula is C19H18Cl2N4OS. The minimum absolute atomic E-state index is 0.138. The molecule has 0 aliphatic rings. The van der Waals surface area contributed by atoms with Gasteiger partial charge in [-0.15, -0.1) is 10.2 Å². The number of aryl methyl sites for hydroxylation is 1. The number of benzene rings is 2. The van der Waals surface area contributed by atoms with Crippen molar-refractivity contribution in [3.8, 4) is 5.69 Å². The fourth-order valence-electron chi connectivity index (χ4n) is 2.53. The van der Waals surface area contributed by atoms with E-state index in [1.807, 2.05) is 22.8 Å². The molecule has 0 saturated heterocycles. The Morgan fingerprint density at radius 2 is 1.96 bits per heavy atom. The average molecular weight is 421 g/mol. The highest BCUT2D eigenvalue weighted by atomic mass is 35.5. The van der Waals surface area contributed by atoms with E-state index in [-0.39, 0.29) is 12.5 Å². The monoisotopic (exact) mass is 420 g/mol. The molecule has 0 spiro atoms. The largest absolute Gasteiger partial charge is 0.349 e. The predicted octanol–water partition coefficient (Wildman–Crippen LogP) is 4.81. The number of thioether (sulfide) groups is 1. The van der Waals surface area contributed by atoms with Crippen LogP contribution in [0, 0.1) is 6.92 Å². The molecule has 1 amide bonds. The molecule has 3 rings (SSSR count). The van der Waals surface area contributed by atoms with Gasteiger partial charge in [0.05, 0.1) is 17.3 Å². The maximum Gasteiger partial charge on any atom is 0.217 e. The van der Waals surface area contributed by atoms with Crippen LogP contribution in [-0.4, -0.2) is 20.7 Å². The van der Waals surface area contributed by atoms with Gasteiger partial charge in [0.15, 0.2) is 11.0 Å². The van der Waals surface area contributed by atoms with Gasteiger partial charge in [-0.05, 0) is 36.2 Å². The van der Waals surface area contributed by atoms with E-state index in [0.29, 0.717) is 21.0 Å². The molecule has 1 aromatic heterocycles. The van der Waals surface area contributed by atoms with Crippen molar-refractivity contribution in [2.45, 2.75) is 31.3 Å². The van der Waals surface area contributed by atoms with Crippen molar-refractivity contribution >= 4 is 40.9 Å². The minimum Gasteiger partial charge on any atom is -0.349 e. The molecule has 8 heteroatoms. The Morgan fingerprint density at radius 3 is 2.67 bits per heavy atom. The summed E-state index contributed by atoms with van der Waals surface area (Å²) in [7, 11) is 0. The highest BCUT2D eigenvalue weighted by Crippen LogP contribution is 2.31. The van der Waals surface area contributed by atoms with Crippen LogP contribution in [-0.2, 0) is 17.1 Å². The van der Waals surface area contributed by atoms with Gasteiger partial charge in [0.25, 0.3) is 0 Å². The normalized spacial score (nSPS) is 10.8. The van der Waals surface area contributed by atoms with Gasteiger partial charge in [0.2, 0.25) is 5.91 Å². The Labute approximate surface area is 172 Å². The molecule has 0 fully saturated rings. The zero-order chi connectivity index (χ0) is 19.4. The van der Waals surface area contributed by atoms with Gasteiger partial charge in [-0.2, -0.15) is 0 Å². The fourth-order valence-corrected chi connectivity index (χ4v) is 4.06. The van der Waals surface area contributed by atoms with Crippen molar-refractivity contribution in [2.24, 2.45) is 0 Å². The van der Waals surface area contributed by atoms with Gasteiger partial charge < -0.3 is 5.32 Å². The lowest BCUT2D eigenvalue weighted by Gasteiger charge is -2.13. The second-order valence-corrected chi connectivity index (χ2v) is 7.74. The first-order chi connectivity index (χ1) is 13.0. The van der Waals surface area contributed by atoms with E-state index >= 15 is 0 Å². The van der Waals surface area contributed by atoms with E-state index in [9.17, 15) is 4.79 Å². The number of carbonyl (C=O) groups is 1. The third-order valence-corrected chi connectivity index (χ3v) is 5.48.